The zero-order valence-corrected chi connectivity index (χ0v) is 42.3. The fraction of sp³-hybridized carbons (Fsp3) is 0.0411. The normalized spacial score (nSPS) is 13.7. The molecule has 13 aromatic rings. The molecule has 0 atom stereocenters. The van der Waals surface area contributed by atoms with Crippen LogP contribution in [-0.4, -0.2) is 6.71 Å². The molecule has 0 spiro atoms. The molecule has 3 heteroatoms. The minimum atomic E-state index is -0.150. The summed E-state index contributed by atoms with van der Waals surface area (Å²) in [6.45, 7) is 4.70. The van der Waals surface area contributed by atoms with Gasteiger partial charge in [-0.2, -0.15) is 0 Å². The molecule has 0 saturated heterocycles. The Morgan fingerprint density at radius 1 is 0.276 bits per heavy atom. The fourth-order valence-corrected chi connectivity index (χ4v) is 13.3. The molecule has 0 radical (unpaired) electrons. The second-order valence-corrected chi connectivity index (χ2v) is 21.7. The third kappa shape index (κ3) is 6.49. The molecule has 0 aromatic heterocycles. The van der Waals surface area contributed by atoms with E-state index in [1.807, 2.05) is 0 Å². The Hall–Kier alpha value is -9.44. The lowest BCUT2D eigenvalue weighted by Gasteiger charge is -2.45. The van der Waals surface area contributed by atoms with Crippen molar-refractivity contribution < 1.29 is 0 Å². The van der Waals surface area contributed by atoms with Gasteiger partial charge in [0, 0.05) is 39.5 Å². The maximum Gasteiger partial charge on any atom is 0.252 e. The Morgan fingerprint density at radius 3 is 1.16 bits per heavy atom. The van der Waals surface area contributed by atoms with Gasteiger partial charge >= 0.3 is 0 Å². The van der Waals surface area contributed by atoms with E-state index in [9.17, 15) is 0 Å². The van der Waals surface area contributed by atoms with Gasteiger partial charge in [-0.05, 0) is 194 Å². The molecule has 1 aliphatic carbocycles. The van der Waals surface area contributed by atoms with Crippen molar-refractivity contribution in [2.45, 2.75) is 19.3 Å². The van der Waals surface area contributed by atoms with Crippen LogP contribution in [0.4, 0.5) is 34.1 Å². The highest BCUT2D eigenvalue weighted by Crippen LogP contribution is 2.52. The zero-order valence-electron chi connectivity index (χ0n) is 42.3. The molecule has 2 nitrogen and oxygen atoms in total. The van der Waals surface area contributed by atoms with Crippen molar-refractivity contribution in [1.29, 1.82) is 0 Å². The van der Waals surface area contributed by atoms with Gasteiger partial charge in [-0.25, -0.2) is 0 Å². The Labute approximate surface area is 443 Å². The zero-order chi connectivity index (χ0) is 50.2. The molecule has 3 aliphatic rings. The topological polar surface area (TPSA) is 6.48 Å². The first-order valence-electron chi connectivity index (χ1n) is 26.7. The first-order chi connectivity index (χ1) is 37.4. The lowest BCUT2D eigenvalue weighted by molar-refractivity contribution is 0.660. The SMILES string of the molecule is CC1(C)c2ccccc2-c2ccc(-c3cc4c5c(c3)N(c3ccc(-c6ccccc6)cc3)c3cc6cc7ccccc7cc6cc3B5c3cc5cc6ccccc6cc5cc3N4c3ccc(-c4ccccc4)cc3)cc21. The van der Waals surface area contributed by atoms with E-state index < -0.39 is 0 Å². The number of hydrogen-bond acceptors (Lipinski definition) is 2. The van der Waals surface area contributed by atoms with E-state index in [0.29, 0.717) is 0 Å². The van der Waals surface area contributed by atoms with Crippen LogP contribution in [-0.2, 0) is 5.41 Å². The average molecular weight is 965 g/mol. The Morgan fingerprint density at radius 2 is 0.671 bits per heavy atom. The van der Waals surface area contributed by atoms with Crippen LogP contribution in [0.25, 0.3) is 87.6 Å². The van der Waals surface area contributed by atoms with Crippen LogP contribution in [0.3, 0.4) is 0 Å². The molecular formula is C73H49BN2. The summed E-state index contributed by atoms with van der Waals surface area (Å²) in [5.74, 6) is 0. The fourth-order valence-electron chi connectivity index (χ4n) is 13.3. The molecule has 2 aliphatic heterocycles. The number of fused-ring (bicyclic) bond motifs is 11. The molecule has 13 aromatic carbocycles. The first-order valence-corrected chi connectivity index (χ1v) is 26.7. The van der Waals surface area contributed by atoms with Crippen LogP contribution in [0.5, 0.6) is 0 Å². The predicted octanol–water partition coefficient (Wildman–Crippen LogP) is 17.7. The van der Waals surface area contributed by atoms with Crippen molar-refractivity contribution in [3.63, 3.8) is 0 Å². The highest BCUT2D eigenvalue weighted by atomic mass is 15.2. The van der Waals surface area contributed by atoms with Crippen molar-refractivity contribution in [2.75, 3.05) is 9.80 Å². The molecule has 0 N–H and O–H groups in total. The summed E-state index contributed by atoms with van der Waals surface area (Å²) < 4.78 is 0. The minimum absolute atomic E-state index is 0.0797. The Bertz CT molecular complexity index is 4310. The monoisotopic (exact) mass is 964 g/mol. The molecule has 0 fully saturated rings. The summed E-state index contributed by atoms with van der Waals surface area (Å²) in [6.07, 6.45) is 0. The van der Waals surface area contributed by atoms with Crippen molar-refractivity contribution in [1.82, 2.24) is 0 Å². The summed E-state index contributed by atoms with van der Waals surface area (Å²) in [4.78, 5) is 5.17. The Kier molecular flexibility index (Phi) is 9.21. The van der Waals surface area contributed by atoms with Gasteiger partial charge in [0.1, 0.15) is 0 Å². The third-order valence-electron chi connectivity index (χ3n) is 17.1. The van der Waals surface area contributed by atoms with E-state index in [0.717, 1.165) is 11.4 Å². The third-order valence-corrected chi connectivity index (χ3v) is 17.1. The molecular weight excluding hydrogens is 916 g/mol. The van der Waals surface area contributed by atoms with Gasteiger partial charge in [-0.15, -0.1) is 0 Å². The van der Waals surface area contributed by atoms with E-state index in [-0.39, 0.29) is 12.1 Å². The van der Waals surface area contributed by atoms with Crippen LogP contribution in [0.1, 0.15) is 25.0 Å². The molecule has 2 heterocycles. The largest absolute Gasteiger partial charge is 0.311 e. The molecule has 0 unspecified atom stereocenters. The van der Waals surface area contributed by atoms with E-state index in [1.54, 1.807) is 0 Å². The van der Waals surface area contributed by atoms with Gasteiger partial charge in [0.15, 0.2) is 0 Å². The summed E-state index contributed by atoms with van der Waals surface area (Å²) in [5, 5.41) is 9.92. The molecule has 0 bridgehead atoms. The molecule has 354 valence electrons. The first kappa shape index (κ1) is 43.0. The van der Waals surface area contributed by atoms with Crippen LogP contribution >= 0.6 is 0 Å². The van der Waals surface area contributed by atoms with Gasteiger partial charge in [0.25, 0.3) is 6.71 Å². The molecule has 0 amide bonds. The number of rotatable bonds is 5. The van der Waals surface area contributed by atoms with Crippen molar-refractivity contribution >= 4 is 100 Å². The van der Waals surface area contributed by atoms with Gasteiger partial charge in [-0.1, -0.05) is 196 Å². The van der Waals surface area contributed by atoms with Crippen LogP contribution in [0.2, 0.25) is 0 Å². The van der Waals surface area contributed by atoms with Gasteiger partial charge in [0.2, 0.25) is 0 Å². The molecule has 16 rings (SSSR count). The smallest absolute Gasteiger partial charge is 0.252 e. The number of nitrogens with zero attached hydrogens (tertiary/aromatic N) is 2. The van der Waals surface area contributed by atoms with E-state index in [4.69, 9.17) is 0 Å². The highest BCUT2D eigenvalue weighted by molar-refractivity contribution is 7.00. The highest BCUT2D eigenvalue weighted by Gasteiger charge is 2.44. The lowest BCUT2D eigenvalue weighted by atomic mass is 9.33. The van der Waals surface area contributed by atoms with Crippen LogP contribution in [0, 0.1) is 0 Å². The van der Waals surface area contributed by atoms with Gasteiger partial charge in [-0.3, -0.25) is 0 Å². The summed E-state index contributed by atoms with van der Waals surface area (Å²) in [5.41, 5.74) is 23.4. The molecule has 0 saturated carbocycles. The number of anilines is 6. The minimum Gasteiger partial charge on any atom is -0.311 e. The summed E-state index contributed by atoms with van der Waals surface area (Å²) in [7, 11) is 0. The van der Waals surface area contributed by atoms with Crippen molar-refractivity contribution in [2.24, 2.45) is 0 Å². The predicted molar refractivity (Wildman–Crippen MR) is 324 cm³/mol. The maximum absolute atomic E-state index is 2.58. The quantitative estimate of drug-likeness (QED) is 0.125. The van der Waals surface area contributed by atoms with Crippen molar-refractivity contribution in [3.05, 3.63) is 272 Å². The van der Waals surface area contributed by atoms with Crippen molar-refractivity contribution in [3.8, 4) is 44.5 Å². The lowest BCUT2D eigenvalue weighted by Crippen LogP contribution is -2.61. The summed E-state index contributed by atoms with van der Waals surface area (Å²) in [6, 6.07) is 98.4. The van der Waals surface area contributed by atoms with Crippen LogP contribution < -0.4 is 26.2 Å². The molecule has 76 heavy (non-hydrogen) atoms. The van der Waals surface area contributed by atoms with E-state index in [2.05, 4.69) is 285 Å². The van der Waals surface area contributed by atoms with Gasteiger partial charge in [0.05, 0.1) is 0 Å². The standard InChI is InChI=1S/C73H49BN2/c1-73(2)64-24-14-13-23-62(64)63-34-29-54(39-65(63)73)59-44-70-72-71(45-59)76(61-32-27-49(28-33-61)47-17-7-4-8-18-47)69-43-58-38-53-22-12-10-20-51(53)36-56(58)41-67(69)74(72)66-40-55-35-50-19-9-11-21-52(50)37-57(55)42-68(66)75(70)60-30-25-48(26-31-60)46-15-5-3-6-16-46/h3-45H,1-2H3. The van der Waals surface area contributed by atoms with Gasteiger partial charge < -0.3 is 9.80 Å². The maximum atomic E-state index is 2.58. The van der Waals surface area contributed by atoms with E-state index >= 15 is 0 Å². The number of benzene rings is 13. The average Bonchev–Trinajstić information content (AvgIpc) is 3.87. The second kappa shape index (κ2) is 16.3. The van der Waals surface area contributed by atoms with Crippen LogP contribution in [0.15, 0.2) is 261 Å². The second-order valence-electron chi connectivity index (χ2n) is 21.7. The van der Waals surface area contributed by atoms with E-state index in [1.165, 1.54) is 138 Å². The number of hydrogen-bond donors (Lipinski definition) is 0. The summed E-state index contributed by atoms with van der Waals surface area (Å²) >= 11 is 0. The Balaban J connectivity index is 1.01.